The maximum absolute atomic E-state index is 12.9. The van der Waals surface area contributed by atoms with Crippen LogP contribution in [0, 0.1) is 0 Å². The molecule has 3 aromatic heterocycles. The first-order valence-corrected chi connectivity index (χ1v) is 12.6. The lowest BCUT2D eigenvalue weighted by Crippen LogP contribution is -2.14. The van der Waals surface area contributed by atoms with Gasteiger partial charge in [-0.3, -0.25) is 4.79 Å². The lowest BCUT2D eigenvalue weighted by atomic mass is 10.1. The van der Waals surface area contributed by atoms with Crippen LogP contribution >= 0.6 is 22.7 Å². The quantitative estimate of drug-likeness (QED) is 0.157. The molecule has 35 heavy (non-hydrogen) atoms. The zero-order chi connectivity index (χ0) is 23.8. The molecule has 6 aromatic rings. The largest absolute Gasteiger partial charge is 0.455 e. The zero-order valence-electron chi connectivity index (χ0n) is 18.6. The number of carbonyl (C=O) groups excluding carboxylic acids is 1. The van der Waals surface area contributed by atoms with Crippen LogP contribution in [0.2, 0.25) is 0 Å². The van der Waals surface area contributed by atoms with Crippen LogP contribution in [0.1, 0.15) is 27.4 Å². The van der Waals surface area contributed by atoms with Gasteiger partial charge < -0.3 is 4.42 Å². The van der Waals surface area contributed by atoms with E-state index in [1.807, 2.05) is 79.0 Å². The zero-order valence-corrected chi connectivity index (χ0v) is 20.2. The average Bonchev–Trinajstić information content (AvgIpc) is 3.67. The van der Waals surface area contributed by atoms with Crippen molar-refractivity contribution in [3.8, 4) is 5.69 Å². The van der Waals surface area contributed by atoms with Crippen LogP contribution in [-0.4, -0.2) is 21.3 Å². The first-order chi connectivity index (χ1) is 17.2. The molecule has 3 heterocycles. The molecule has 0 bridgehead atoms. The monoisotopic (exact) mass is 494 g/mol. The Hall–Kier alpha value is -4.14. The molecule has 6 rings (SSSR count). The summed E-state index contributed by atoms with van der Waals surface area (Å²) in [5.74, 6) is 0.520. The number of para-hydroxylation sites is 1. The third kappa shape index (κ3) is 4.03. The van der Waals surface area contributed by atoms with Crippen LogP contribution in [0.4, 0.5) is 0 Å². The lowest BCUT2D eigenvalue weighted by Gasteiger charge is -1.99. The molecule has 0 N–H and O–H groups in total. The van der Waals surface area contributed by atoms with Gasteiger partial charge in [-0.15, -0.1) is 21.5 Å². The topological polar surface area (TPSA) is 72.8 Å². The second-order valence-corrected chi connectivity index (χ2v) is 9.74. The van der Waals surface area contributed by atoms with Gasteiger partial charge in [-0.1, -0.05) is 65.9 Å². The second-order valence-electron chi connectivity index (χ2n) is 7.84. The smallest absolute Gasteiger partial charge is 0.233 e. The van der Waals surface area contributed by atoms with E-state index in [1.165, 1.54) is 22.7 Å². The lowest BCUT2D eigenvalue weighted by molar-refractivity contribution is 0.104. The van der Waals surface area contributed by atoms with Gasteiger partial charge in [-0.05, 0) is 53.4 Å². The van der Waals surface area contributed by atoms with Gasteiger partial charge in [0.15, 0.2) is 10.8 Å². The molecule has 170 valence electrons. The van der Waals surface area contributed by atoms with Crippen molar-refractivity contribution in [2.45, 2.75) is 6.92 Å². The summed E-state index contributed by atoms with van der Waals surface area (Å²) in [5.41, 5.74) is 2.23. The van der Waals surface area contributed by atoms with Crippen LogP contribution < -0.4 is 4.80 Å². The van der Waals surface area contributed by atoms with Crippen molar-refractivity contribution in [2.75, 3.05) is 0 Å². The SMILES string of the molecule is C/C(=N/N=c1\sc(C(=O)c2cccs2)nn1-c1ccccc1)c1cc2c(ccc3ccccc32)o1. The predicted molar refractivity (Wildman–Crippen MR) is 141 cm³/mol. The molecular formula is C27H18N4O2S2. The first kappa shape index (κ1) is 21.4. The molecule has 6 nitrogen and oxygen atoms in total. The minimum absolute atomic E-state index is 0.124. The molecule has 0 aliphatic heterocycles. The van der Waals surface area contributed by atoms with E-state index in [0.29, 0.717) is 26.2 Å². The first-order valence-electron chi connectivity index (χ1n) is 10.9. The molecule has 0 spiro atoms. The molecule has 0 aliphatic rings. The number of nitrogens with zero attached hydrogens (tertiary/aromatic N) is 4. The van der Waals surface area contributed by atoms with Crippen LogP contribution in [0.3, 0.4) is 0 Å². The summed E-state index contributed by atoms with van der Waals surface area (Å²) in [6, 6.07) is 27.5. The number of furan rings is 1. The Bertz CT molecular complexity index is 1770. The minimum Gasteiger partial charge on any atom is -0.455 e. The molecule has 0 saturated heterocycles. The summed E-state index contributed by atoms with van der Waals surface area (Å²) in [6.07, 6.45) is 0. The predicted octanol–water partition coefficient (Wildman–Crippen LogP) is 6.45. The van der Waals surface area contributed by atoms with E-state index >= 15 is 0 Å². The number of fused-ring (bicyclic) bond motifs is 3. The normalized spacial score (nSPS) is 12.6. The second kappa shape index (κ2) is 8.90. The number of hydrogen-bond acceptors (Lipinski definition) is 7. The molecule has 8 heteroatoms. The van der Waals surface area contributed by atoms with Crippen molar-refractivity contribution in [3.63, 3.8) is 0 Å². The van der Waals surface area contributed by atoms with E-state index in [0.717, 1.165) is 27.4 Å². The Labute approximate surface area is 208 Å². The van der Waals surface area contributed by atoms with Gasteiger partial charge in [0.25, 0.3) is 0 Å². The fourth-order valence-corrected chi connectivity index (χ4v) is 5.37. The van der Waals surface area contributed by atoms with Crippen molar-refractivity contribution in [3.05, 3.63) is 111 Å². The molecule has 0 saturated carbocycles. The Morgan fingerprint density at radius 2 is 1.77 bits per heavy atom. The Morgan fingerprint density at radius 1 is 0.943 bits per heavy atom. The number of ketones is 1. The fourth-order valence-electron chi connectivity index (χ4n) is 3.83. The summed E-state index contributed by atoms with van der Waals surface area (Å²) < 4.78 is 7.72. The molecule has 0 unspecified atom stereocenters. The van der Waals surface area contributed by atoms with Gasteiger partial charge in [0.2, 0.25) is 10.6 Å². The van der Waals surface area contributed by atoms with Gasteiger partial charge in [0, 0.05) is 5.39 Å². The molecule has 0 atom stereocenters. The summed E-state index contributed by atoms with van der Waals surface area (Å²) in [6.45, 7) is 1.86. The van der Waals surface area contributed by atoms with Gasteiger partial charge >= 0.3 is 0 Å². The maximum atomic E-state index is 12.9. The summed E-state index contributed by atoms with van der Waals surface area (Å²) in [5, 5.41) is 19.0. The van der Waals surface area contributed by atoms with E-state index in [4.69, 9.17) is 4.42 Å². The van der Waals surface area contributed by atoms with E-state index in [1.54, 1.807) is 10.7 Å². The summed E-state index contributed by atoms with van der Waals surface area (Å²) >= 11 is 2.60. The summed E-state index contributed by atoms with van der Waals surface area (Å²) in [7, 11) is 0. The van der Waals surface area contributed by atoms with Gasteiger partial charge in [-0.25, -0.2) is 4.68 Å². The number of thiophene rings is 1. The summed E-state index contributed by atoms with van der Waals surface area (Å²) in [4.78, 5) is 14.1. The highest BCUT2D eigenvalue weighted by Crippen LogP contribution is 2.28. The van der Waals surface area contributed by atoms with E-state index in [-0.39, 0.29) is 5.78 Å². The average molecular weight is 495 g/mol. The van der Waals surface area contributed by atoms with Crippen molar-refractivity contribution in [1.29, 1.82) is 0 Å². The third-order valence-corrected chi connectivity index (χ3v) is 7.33. The minimum atomic E-state index is -0.124. The van der Waals surface area contributed by atoms with Gasteiger partial charge in [0.1, 0.15) is 11.3 Å². The van der Waals surface area contributed by atoms with E-state index < -0.39 is 0 Å². The molecule has 0 aliphatic carbocycles. The highest BCUT2D eigenvalue weighted by atomic mass is 32.1. The van der Waals surface area contributed by atoms with Crippen molar-refractivity contribution >= 4 is 55.9 Å². The molecule has 3 aromatic carbocycles. The van der Waals surface area contributed by atoms with Crippen molar-refractivity contribution in [2.24, 2.45) is 10.2 Å². The number of aromatic nitrogens is 2. The van der Waals surface area contributed by atoms with E-state index in [9.17, 15) is 4.79 Å². The number of benzene rings is 3. The van der Waals surface area contributed by atoms with Crippen LogP contribution in [0.25, 0.3) is 27.4 Å². The molecule has 0 fully saturated rings. The highest BCUT2D eigenvalue weighted by molar-refractivity contribution is 7.15. The Kier molecular flexibility index (Phi) is 5.44. The van der Waals surface area contributed by atoms with Crippen LogP contribution in [0.15, 0.2) is 105 Å². The molecule has 0 amide bonds. The number of rotatable bonds is 5. The van der Waals surface area contributed by atoms with Crippen LogP contribution in [-0.2, 0) is 0 Å². The fraction of sp³-hybridized carbons (Fsp3) is 0.0370. The number of carbonyl (C=O) groups is 1. The number of hydrogen-bond donors (Lipinski definition) is 0. The Balaban J connectivity index is 1.44. The van der Waals surface area contributed by atoms with Crippen molar-refractivity contribution in [1.82, 2.24) is 9.78 Å². The van der Waals surface area contributed by atoms with Gasteiger partial charge in [0.05, 0.1) is 10.6 Å². The van der Waals surface area contributed by atoms with Crippen LogP contribution in [0.5, 0.6) is 0 Å². The maximum Gasteiger partial charge on any atom is 0.233 e. The van der Waals surface area contributed by atoms with Crippen molar-refractivity contribution < 1.29 is 9.21 Å². The van der Waals surface area contributed by atoms with E-state index in [2.05, 4.69) is 27.4 Å². The highest BCUT2D eigenvalue weighted by Gasteiger charge is 2.17. The molecular weight excluding hydrogens is 476 g/mol. The Morgan fingerprint density at radius 3 is 2.60 bits per heavy atom. The standard InChI is InChI=1S/C27H18N4O2S2/c1-17(23-16-21-20-11-6-5-8-18(20)13-14-22(21)33-23)28-29-27-31(19-9-3-2-4-10-19)30-26(35-27)25(32)24-12-7-15-34-24/h2-16H,1H3/b28-17-,29-27-. The molecule has 0 radical (unpaired) electrons. The third-order valence-electron chi connectivity index (χ3n) is 5.57. The van der Waals surface area contributed by atoms with Gasteiger partial charge in [-0.2, -0.15) is 5.10 Å².